The number of hydrogen-bond acceptors (Lipinski definition) is 5. The van der Waals surface area contributed by atoms with E-state index in [1.807, 2.05) is 11.8 Å². The fourth-order valence-corrected chi connectivity index (χ4v) is 13.4. The molecule has 0 bridgehead atoms. The zero-order valence-electron chi connectivity index (χ0n) is 44.0. The van der Waals surface area contributed by atoms with Gasteiger partial charge in [0, 0.05) is 67.0 Å². The van der Waals surface area contributed by atoms with E-state index in [9.17, 15) is 0 Å². The molecule has 0 atom stereocenters. The Morgan fingerprint density at radius 2 is 0.868 bits per heavy atom. The Labute approximate surface area is 453 Å². The van der Waals surface area contributed by atoms with Crippen molar-refractivity contribution >= 4 is 109 Å². The van der Waals surface area contributed by atoms with Gasteiger partial charge in [0.2, 0.25) is 6.71 Å². The van der Waals surface area contributed by atoms with Gasteiger partial charge < -0.3 is 19.4 Å². The van der Waals surface area contributed by atoms with Gasteiger partial charge in [-0.3, -0.25) is 0 Å². The van der Waals surface area contributed by atoms with Crippen molar-refractivity contribution in [1.82, 2.24) is 0 Å². The van der Waals surface area contributed by atoms with Crippen molar-refractivity contribution in [3.63, 3.8) is 0 Å². The first kappa shape index (κ1) is 47.6. The molecule has 0 N–H and O–H groups in total. The average molecular weight is 1000 g/mol. The number of para-hydroxylation sites is 6. The predicted molar refractivity (Wildman–Crippen MR) is 326 cm³/mol. The van der Waals surface area contributed by atoms with Crippen molar-refractivity contribution < 1.29 is 4.74 Å². The molecule has 0 fully saturated rings. The second kappa shape index (κ2) is 19.5. The third kappa shape index (κ3) is 8.20. The Bertz CT molecular complexity index is 3670. The lowest BCUT2D eigenvalue weighted by molar-refractivity contribution is 0.486. The number of fused-ring (bicyclic) bond motifs is 6. The second-order valence-corrected chi connectivity index (χ2v) is 22.5. The van der Waals surface area contributed by atoms with Crippen molar-refractivity contribution in [2.75, 3.05) is 14.7 Å². The molecule has 10 aromatic carbocycles. The fraction of sp³-hybridized carbons (Fsp3) is 0.130. The zero-order valence-corrected chi connectivity index (χ0v) is 44.8. The van der Waals surface area contributed by atoms with Gasteiger partial charge in [-0.15, -0.1) is 0 Å². The van der Waals surface area contributed by atoms with Crippen LogP contribution < -0.4 is 52.2 Å². The summed E-state index contributed by atoms with van der Waals surface area (Å²) in [6.07, 6.45) is 0. The number of nitrogens with zero attached hydrogens (tertiary/aromatic N) is 3. The fourth-order valence-electron chi connectivity index (χ4n) is 12.2. The van der Waals surface area contributed by atoms with Crippen molar-refractivity contribution in [3.8, 4) is 11.5 Å². The van der Waals surface area contributed by atoms with Crippen LogP contribution in [-0.2, 0) is 0 Å². The smallest absolute Gasteiger partial charge is 0.251 e. The van der Waals surface area contributed by atoms with E-state index in [4.69, 9.17) is 4.74 Å². The summed E-state index contributed by atoms with van der Waals surface area (Å²) in [7, 11) is 0. The van der Waals surface area contributed by atoms with Crippen molar-refractivity contribution in [1.29, 1.82) is 0 Å². The molecule has 0 unspecified atom stereocenters. The molecule has 3 heterocycles. The van der Waals surface area contributed by atoms with Crippen molar-refractivity contribution in [2.24, 2.45) is 0 Å². The quantitative estimate of drug-likeness (QED) is 0.120. The molecule has 10 aromatic rings. The van der Waals surface area contributed by atoms with E-state index in [1.165, 1.54) is 70.6 Å². The first-order valence-corrected chi connectivity index (χ1v) is 27.8. The monoisotopic (exact) mass is 999 g/mol. The summed E-state index contributed by atoms with van der Waals surface area (Å²) in [6, 6.07) is 84.8. The van der Waals surface area contributed by atoms with E-state index >= 15 is 0 Å². The minimum atomic E-state index is -0.0887. The molecular formula is C69H59B2N3OS. The molecule has 0 aliphatic carbocycles. The van der Waals surface area contributed by atoms with E-state index in [0.29, 0.717) is 17.8 Å². The van der Waals surface area contributed by atoms with Crippen LogP contribution in [0.25, 0.3) is 0 Å². The summed E-state index contributed by atoms with van der Waals surface area (Å²) < 4.78 is 7.48. The summed E-state index contributed by atoms with van der Waals surface area (Å²) in [5.74, 6) is 2.79. The predicted octanol–water partition coefficient (Wildman–Crippen LogP) is 15.4. The van der Waals surface area contributed by atoms with Crippen LogP contribution >= 0.6 is 11.8 Å². The van der Waals surface area contributed by atoms with Crippen LogP contribution in [0.1, 0.15) is 76.0 Å². The normalized spacial score (nSPS) is 12.9. The number of rotatable bonds is 11. The highest BCUT2D eigenvalue weighted by molar-refractivity contribution is 8.00. The SMILES string of the molecule is CC(C)c1cc(C(C)C)c(B2c3ccc(N(c4ccccc4)c4ccccc4)cc3Oc3cc4c(cc32)B2c3ccccc3N(c3ccccc3)c3cc(N(c5ccccc5)c5ccccc5)cc(c32)S4)c(C(C)C)c1. The number of ether oxygens (including phenoxy) is 1. The minimum absolute atomic E-state index is 0.0363. The van der Waals surface area contributed by atoms with Gasteiger partial charge in [-0.1, -0.05) is 198 Å². The maximum atomic E-state index is 7.48. The summed E-state index contributed by atoms with van der Waals surface area (Å²) in [6.45, 7) is 14.0. The van der Waals surface area contributed by atoms with Gasteiger partial charge in [0.05, 0.1) is 0 Å². The highest BCUT2D eigenvalue weighted by Gasteiger charge is 2.45. The Hall–Kier alpha value is -8.12. The molecule has 0 saturated heterocycles. The van der Waals surface area contributed by atoms with E-state index in [0.717, 1.165) is 51.3 Å². The summed E-state index contributed by atoms with van der Waals surface area (Å²) in [5.41, 5.74) is 22.0. The molecule has 0 saturated carbocycles. The van der Waals surface area contributed by atoms with E-state index in [2.05, 4.69) is 287 Å². The van der Waals surface area contributed by atoms with Crippen molar-refractivity contribution in [3.05, 3.63) is 247 Å². The lowest BCUT2D eigenvalue weighted by Gasteiger charge is -2.42. The van der Waals surface area contributed by atoms with E-state index < -0.39 is 0 Å². The lowest BCUT2D eigenvalue weighted by atomic mass is 9.31. The molecule has 0 aromatic heterocycles. The van der Waals surface area contributed by atoms with Gasteiger partial charge in [0.1, 0.15) is 11.5 Å². The maximum absolute atomic E-state index is 7.48. The molecule has 368 valence electrons. The molecule has 0 amide bonds. The van der Waals surface area contributed by atoms with Gasteiger partial charge in [-0.25, -0.2) is 0 Å². The number of anilines is 9. The zero-order chi connectivity index (χ0) is 51.6. The topological polar surface area (TPSA) is 19.0 Å². The van der Waals surface area contributed by atoms with Crippen LogP contribution in [-0.4, -0.2) is 13.4 Å². The molecule has 7 heteroatoms. The standard InChI is InChI=1S/C69H59B2N3OS/c1-45(2)48-38-56(46(3)4)68(57(39-48)47(5)6)71-59-37-36-54(72(49-24-12-7-13-25-49)50-26-14-8-15-27-50)41-64(59)75-65-44-66-61(43-60(65)71)70-58-34-22-23-35-62(58)74(53-32-20-11-21-33-53)63-40-55(42-67(76-66)69(63)70)73(51-28-16-9-17-29-51)52-30-18-10-19-31-52/h7-47H,1-6H3. The lowest BCUT2D eigenvalue weighted by Crippen LogP contribution is -2.62. The Morgan fingerprint density at radius 3 is 1.42 bits per heavy atom. The summed E-state index contributed by atoms with van der Waals surface area (Å²) in [4.78, 5) is 9.69. The maximum Gasteiger partial charge on any atom is 0.251 e. The largest absolute Gasteiger partial charge is 0.458 e. The first-order chi connectivity index (χ1) is 37.2. The Kier molecular flexibility index (Phi) is 12.2. The average Bonchev–Trinajstić information content (AvgIpc) is 3.64. The molecule has 3 aliphatic rings. The van der Waals surface area contributed by atoms with Gasteiger partial charge in [0.25, 0.3) is 6.71 Å². The summed E-state index contributed by atoms with van der Waals surface area (Å²) in [5, 5.41) is 0. The molecule has 13 rings (SSSR count). The highest BCUT2D eigenvalue weighted by atomic mass is 32.2. The third-order valence-electron chi connectivity index (χ3n) is 15.7. The van der Waals surface area contributed by atoms with Crippen LogP contribution in [0.5, 0.6) is 11.5 Å². The minimum Gasteiger partial charge on any atom is -0.458 e. The highest BCUT2D eigenvalue weighted by Crippen LogP contribution is 2.47. The van der Waals surface area contributed by atoms with Gasteiger partial charge in [0.15, 0.2) is 0 Å². The van der Waals surface area contributed by atoms with Crippen LogP contribution in [0.4, 0.5) is 51.2 Å². The molecule has 76 heavy (non-hydrogen) atoms. The van der Waals surface area contributed by atoms with Gasteiger partial charge >= 0.3 is 0 Å². The molecule has 3 aliphatic heterocycles. The Morgan fingerprint density at radius 1 is 0.368 bits per heavy atom. The van der Waals surface area contributed by atoms with Crippen molar-refractivity contribution in [2.45, 2.75) is 69.1 Å². The number of benzene rings is 10. The van der Waals surface area contributed by atoms with Gasteiger partial charge in [-0.05, 0) is 147 Å². The Balaban J connectivity index is 1.06. The number of hydrogen-bond donors (Lipinski definition) is 0. The second-order valence-electron chi connectivity index (χ2n) is 21.4. The van der Waals surface area contributed by atoms with Crippen LogP contribution in [0.2, 0.25) is 0 Å². The molecule has 0 radical (unpaired) electrons. The van der Waals surface area contributed by atoms with E-state index in [1.54, 1.807) is 0 Å². The molecular weight excluding hydrogens is 940 g/mol. The first-order valence-electron chi connectivity index (χ1n) is 27.0. The molecule has 0 spiro atoms. The van der Waals surface area contributed by atoms with Gasteiger partial charge in [-0.2, -0.15) is 0 Å². The van der Waals surface area contributed by atoms with Crippen LogP contribution in [0.3, 0.4) is 0 Å². The van der Waals surface area contributed by atoms with Crippen LogP contribution in [0.15, 0.2) is 240 Å². The van der Waals surface area contributed by atoms with Crippen LogP contribution in [0, 0.1) is 0 Å². The van der Waals surface area contributed by atoms with E-state index in [-0.39, 0.29) is 13.4 Å². The summed E-state index contributed by atoms with van der Waals surface area (Å²) >= 11 is 1.88. The third-order valence-corrected chi connectivity index (χ3v) is 16.8. The molecule has 4 nitrogen and oxygen atoms in total.